The molecule has 208 valence electrons. The maximum atomic E-state index is 2.45. The van der Waals surface area contributed by atoms with Crippen LogP contribution in [0.25, 0.3) is 71.6 Å². The number of hydrogen-bond acceptors (Lipinski definition) is 0. The molecule has 0 saturated heterocycles. The van der Waals surface area contributed by atoms with Crippen LogP contribution in [0.15, 0.2) is 152 Å². The Hall–Kier alpha value is -5.40. The van der Waals surface area contributed by atoms with Gasteiger partial charge in [0.1, 0.15) is 0 Å². The lowest BCUT2D eigenvalue weighted by Gasteiger charge is -2.22. The smallest absolute Gasteiger partial charge is 0.0619 e. The van der Waals surface area contributed by atoms with E-state index < -0.39 is 0 Å². The number of aromatic nitrogens is 1. The van der Waals surface area contributed by atoms with Crippen molar-refractivity contribution in [2.24, 2.45) is 0 Å². The molecule has 1 aliphatic rings. The second-order valence-corrected chi connectivity index (χ2v) is 12.6. The van der Waals surface area contributed by atoms with Crippen molar-refractivity contribution in [3.63, 3.8) is 0 Å². The van der Waals surface area contributed by atoms with Gasteiger partial charge in [-0.05, 0) is 74.0 Å². The van der Waals surface area contributed by atoms with E-state index in [0.717, 1.165) is 0 Å². The van der Waals surface area contributed by atoms with Crippen molar-refractivity contribution in [3.05, 3.63) is 163 Å². The molecule has 0 fully saturated rings. The fourth-order valence-electron chi connectivity index (χ4n) is 7.56. The molecule has 1 heterocycles. The Morgan fingerprint density at radius 1 is 0.432 bits per heavy atom. The quantitative estimate of drug-likeness (QED) is 0.202. The molecule has 0 bridgehead atoms. The molecule has 0 N–H and O–H groups in total. The predicted octanol–water partition coefficient (Wildman–Crippen LogP) is 11.6. The third-order valence-corrected chi connectivity index (χ3v) is 9.80. The van der Waals surface area contributed by atoms with Gasteiger partial charge in [-0.3, -0.25) is 0 Å². The molecule has 44 heavy (non-hydrogen) atoms. The molecule has 0 atom stereocenters. The van der Waals surface area contributed by atoms with Crippen molar-refractivity contribution in [3.8, 4) is 39.1 Å². The van der Waals surface area contributed by atoms with Gasteiger partial charge >= 0.3 is 0 Å². The second-order valence-electron chi connectivity index (χ2n) is 12.6. The van der Waals surface area contributed by atoms with E-state index in [1.807, 2.05) is 0 Å². The summed E-state index contributed by atoms with van der Waals surface area (Å²) in [5.74, 6) is 0. The molecule has 0 unspecified atom stereocenters. The summed E-state index contributed by atoms with van der Waals surface area (Å²) in [6.45, 7) is 4.69. The average Bonchev–Trinajstić information content (AvgIpc) is 3.53. The highest BCUT2D eigenvalue weighted by atomic mass is 15.0. The summed E-state index contributed by atoms with van der Waals surface area (Å²) in [5.41, 5.74) is 14.2. The second kappa shape index (κ2) is 9.30. The van der Waals surface area contributed by atoms with Crippen molar-refractivity contribution >= 4 is 32.6 Å². The molecule has 7 aromatic carbocycles. The molecular formula is C43H31N. The van der Waals surface area contributed by atoms with Crippen LogP contribution in [0.1, 0.15) is 25.0 Å². The van der Waals surface area contributed by atoms with Crippen LogP contribution in [0.3, 0.4) is 0 Å². The lowest BCUT2D eigenvalue weighted by Crippen LogP contribution is -2.14. The van der Waals surface area contributed by atoms with Gasteiger partial charge in [-0.1, -0.05) is 141 Å². The van der Waals surface area contributed by atoms with Gasteiger partial charge in [0.25, 0.3) is 0 Å². The molecule has 0 spiro atoms. The molecule has 1 heteroatoms. The SMILES string of the molecule is CC1(C)c2ccccc2-c2ccc(-c3ccc(-c4cccc5c6ccccc6n(-c6ccc7ccccc7c6)c45)cc3)cc21. The van der Waals surface area contributed by atoms with Gasteiger partial charge in [0.05, 0.1) is 11.0 Å². The number of benzene rings is 7. The van der Waals surface area contributed by atoms with Crippen LogP contribution in [-0.2, 0) is 5.41 Å². The van der Waals surface area contributed by atoms with Crippen molar-refractivity contribution in [1.29, 1.82) is 0 Å². The van der Waals surface area contributed by atoms with E-state index in [1.165, 1.54) is 82.8 Å². The molecule has 8 aromatic rings. The van der Waals surface area contributed by atoms with Crippen molar-refractivity contribution < 1.29 is 0 Å². The molecule has 0 radical (unpaired) electrons. The molecule has 1 aliphatic carbocycles. The first-order valence-electron chi connectivity index (χ1n) is 15.4. The fourth-order valence-corrected chi connectivity index (χ4v) is 7.56. The zero-order valence-corrected chi connectivity index (χ0v) is 24.9. The van der Waals surface area contributed by atoms with Gasteiger partial charge in [-0.15, -0.1) is 0 Å². The minimum Gasteiger partial charge on any atom is -0.309 e. The predicted molar refractivity (Wildman–Crippen MR) is 187 cm³/mol. The number of hydrogen-bond donors (Lipinski definition) is 0. The summed E-state index contributed by atoms with van der Waals surface area (Å²) in [4.78, 5) is 0. The molecular weight excluding hydrogens is 530 g/mol. The van der Waals surface area contributed by atoms with Gasteiger partial charge in [-0.25, -0.2) is 0 Å². The van der Waals surface area contributed by atoms with Crippen LogP contribution in [-0.4, -0.2) is 4.57 Å². The largest absolute Gasteiger partial charge is 0.309 e. The summed E-state index contributed by atoms with van der Waals surface area (Å²) in [6.07, 6.45) is 0. The first kappa shape index (κ1) is 25.1. The molecule has 0 aliphatic heterocycles. The van der Waals surface area contributed by atoms with Crippen molar-refractivity contribution in [2.75, 3.05) is 0 Å². The minimum atomic E-state index is -0.00625. The summed E-state index contributed by atoms with van der Waals surface area (Å²) >= 11 is 0. The highest BCUT2D eigenvalue weighted by Crippen LogP contribution is 2.49. The maximum Gasteiger partial charge on any atom is 0.0619 e. The molecule has 9 rings (SSSR count). The van der Waals surface area contributed by atoms with Gasteiger partial charge in [0.15, 0.2) is 0 Å². The van der Waals surface area contributed by atoms with E-state index in [1.54, 1.807) is 0 Å². The lowest BCUT2D eigenvalue weighted by molar-refractivity contribution is 0.660. The molecule has 0 saturated carbocycles. The Morgan fingerprint density at radius 2 is 1.09 bits per heavy atom. The number of para-hydroxylation sites is 2. The van der Waals surface area contributed by atoms with Crippen molar-refractivity contribution in [1.82, 2.24) is 4.57 Å². The highest BCUT2D eigenvalue weighted by Gasteiger charge is 2.35. The highest BCUT2D eigenvalue weighted by molar-refractivity contribution is 6.14. The summed E-state index contributed by atoms with van der Waals surface area (Å²) < 4.78 is 2.45. The van der Waals surface area contributed by atoms with Crippen LogP contribution in [0, 0.1) is 0 Å². The minimum absolute atomic E-state index is 0.00625. The van der Waals surface area contributed by atoms with Crippen molar-refractivity contribution in [2.45, 2.75) is 19.3 Å². The monoisotopic (exact) mass is 561 g/mol. The zero-order valence-electron chi connectivity index (χ0n) is 24.9. The first-order chi connectivity index (χ1) is 21.6. The summed E-state index contributed by atoms with van der Waals surface area (Å²) in [5, 5.41) is 5.05. The van der Waals surface area contributed by atoms with Crippen LogP contribution in [0.2, 0.25) is 0 Å². The fraction of sp³-hybridized carbons (Fsp3) is 0.0698. The van der Waals surface area contributed by atoms with Gasteiger partial charge in [-0.2, -0.15) is 0 Å². The van der Waals surface area contributed by atoms with E-state index in [2.05, 4.69) is 170 Å². The van der Waals surface area contributed by atoms with Gasteiger partial charge in [0, 0.05) is 27.4 Å². The van der Waals surface area contributed by atoms with Crippen LogP contribution in [0.4, 0.5) is 0 Å². The normalized spacial score (nSPS) is 13.4. The number of fused-ring (bicyclic) bond motifs is 7. The molecule has 1 aromatic heterocycles. The average molecular weight is 562 g/mol. The van der Waals surface area contributed by atoms with E-state index in [-0.39, 0.29) is 5.41 Å². The third-order valence-electron chi connectivity index (χ3n) is 9.80. The maximum absolute atomic E-state index is 2.45. The Morgan fingerprint density at radius 3 is 1.98 bits per heavy atom. The van der Waals surface area contributed by atoms with Crippen LogP contribution >= 0.6 is 0 Å². The van der Waals surface area contributed by atoms with E-state index in [0.29, 0.717) is 0 Å². The van der Waals surface area contributed by atoms with Crippen LogP contribution < -0.4 is 0 Å². The summed E-state index contributed by atoms with van der Waals surface area (Å²) in [6, 6.07) is 55.9. The summed E-state index contributed by atoms with van der Waals surface area (Å²) in [7, 11) is 0. The molecule has 0 amide bonds. The Balaban J connectivity index is 1.19. The Bertz CT molecular complexity index is 2400. The number of rotatable bonds is 3. The third kappa shape index (κ3) is 3.59. The Kier molecular flexibility index (Phi) is 5.31. The standard InChI is InChI=1S/C43H31N/c1-43(2)39-16-7-5-12-35(39)36-25-23-32(27-40(36)43)29-18-20-30(21-19-29)34-14-9-15-38-37-13-6-8-17-41(37)44(42(34)38)33-24-22-28-10-3-4-11-31(28)26-33/h3-27H,1-2H3. The first-order valence-corrected chi connectivity index (χ1v) is 15.4. The molecule has 1 nitrogen and oxygen atoms in total. The number of nitrogens with zero attached hydrogens (tertiary/aromatic N) is 1. The lowest BCUT2D eigenvalue weighted by atomic mass is 9.81. The zero-order chi connectivity index (χ0) is 29.4. The van der Waals surface area contributed by atoms with E-state index >= 15 is 0 Å². The van der Waals surface area contributed by atoms with E-state index in [9.17, 15) is 0 Å². The Labute approximate surface area is 257 Å². The topological polar surface area (TPSA) is 4.93 Å². The van der Waals surface area contributed by atoms with Gasteiger partial charge in [0.2, 0.25) is 0 Å². The van der Waals surface area contributed by atoms with Gasteiger partial charge < -0.3 is 4.57 Å². The van der Waals surface area contributed by atoms with E-state index in [4.69, 9.17) is 0 Å². The van der Waals surface area contributed by atoms with Crippen LogP contribution in [0.5, 0.6) is 0 Å².